The summed E-state index contributed by atoms with van der Waals surface area (Å²) in [7, 11) is -3.72. The summed E-state index contributed by atoms with van der Waals surface area (Å²) >= 11 is 0. The minimum absolute atomic E-state index is 0.0310. The molecule has 1 heterocycles. The summed E-state index contributed by atoms with van der Waals surface area (Å²) in [6.45, 7) is 5.32. The van der Waals surface area contributed by atoms with Crippen molar-refractivity contribution in [1.82, 2.24) is 0 Å². The van der Waals surface area contributed by atoms with Crippen molar-refractivity contribution in [3.63, 3.8) is 0 Å². The van der Waals surface area contributed by atoms with E-state index in [1.165, 1.54) is 12.1 Å². The fraction of sp³-hybridized carbons (Fsp3) is 0.357. The van der Waals surface area contributed by atoms with Gasteiger partial charge in [-0.05, 0) is 44.5 Å². The van der Waals surface area contributed by atoms with E-state index in [9.17, 15) is 13.2 Å². The van der Waals surface area contributed by atoms with Crippen molar-refractivity contribution in [3.8, 4) is 0 Å². The molecular formula is C14H17NO4S. The number of ketones is 1. The zero-order valence-electron chi connectivity index (χ0n) is 11.6. The minimum atomic E-state index is -3.72. The number of nitrogens with two attached hydrogens (primary N) is 1. The van der Waals surface area contributed by atoms with Crippen LogP contribution in [0.1, 0.15) is 32.8 Å². The van der Waals surface area contributed by atoms with E-state index < -0.39 is 15.6 Å². The standard InChI is InChI=1S/C14H17NO4S/c1-4-11-12(19-14(2,3)13(11)16)9-5-7-10(8-6-9)20(15,17)18/h5-8H,4H2,1-3H3,(H2,15,17,18). The van der Waals surface area contributed by atoms with E-state index in [1.807, 2.05) is 6.92 Å². The largest absolute Gasteiger partial charge is 0.479 e. The van der Waals surface area contributed by atoms with Gasteiger partial charge in [-0.3, -0.25) is 4.79 Å². The summed E-state index contributed by atoms with van der Waals surface area (Å²) in [5, 5.41) is 5.05. The SMILES string of the molecule is CCC1=C(c2ccc(S(N)(=O)=O)cc2)OC(C)(C)C1=O. The maximum Gasteiger partial charge on any atom is 0.238 e. The molecular weight excluding hydrogens is 278 g/mol. The molecule has 0 aliphatic carbocycles. The molecule has 0 aromatic heterocycles. The van der Waals surface area contributed by atoms with Gasteiger partial charge in [0.1, 0.15) is 5.76 Å². The van der Waals surface area contributed by atoms with E-state index in [0.29, 0.717) is 23.3 Å². The molecule has 0 saturated heterocycles. The van der Waals surface area contributed by atoms with E-state index in [4.69, 9.17) is 9.88 Å². The monoisotopic (exact) mass is 295 g/mol. The van der Waals surface area contributed by atoms with Crippen LogP contribution < -0.4 is 5.14 Å². The minimum Gasteiger partial charge on any atom is -0.479 e. The fourth-order valence-electron chi connectivity index (χ4n) is 2.18. The predicted octanol–water partition coefficient (Wildman–Crippen LogP) is 1.83. The average Bonchev–Trinajstić information content (AvgIpc) is 2.59. The number of Topliss-reactive ketones (excluding diaryl/α,β-unsaturated/α-hetero) is 1. The Kier molecular flexibility index (Phi) is 3.47. The molecule has 1 aliphatic rings. The lowest BCUT2D eigenvalue weighted by Crippen LogP contribution is -2.29. The molecule has 0 fully saturated rings. The maximum absolute atomic E-state index is 12.2. The molecule has 2 N–H and O–H groups in total. The van der Waals surface area contributed by atoms with Gasteiger partial charge in [-0.2, -0.15) is 0 Å². The molecule has 2 rings (SSSR count). The molecule has 5 nitrogen and oxygen atoms in total. The van der Waals surface area contributed by atoms with Crippen molar-refractivity contribution in [1.29, 1.82) is 0 Å². The van der Waals surface area contributed by atoms with E-state index >= 15 is 0 Å². The van der Waals surface area contributed by atoms with Crippen molar-refractivity contribution in [2.45, 2.75) is 37.7 Å². The highest BCUT2D eigenvalue weighted by molar-refractivity contribution is 7.89. The Hall–Kier alpha value is -1.66. The molecule has 0 bridgehead atoms. The molecule has 20 heavy (non-hydrogen) atoms. The predicted molar refractivity (Wildman–Crippen MR) is 75.2 cm³/mol. The summed E-state index contributed by atoms with van der Waals surface area (Å²) in [5.41, 5.74) is 0.422. The van der Waals surface area contributed by atoms with Crippen molar-refractivity contribution in [2.24, 2.45) is 5.14 Å². The lowest BCUT2D eigenvalue weighted by Gasteiger charge is -2.18. The zero-order chi connectivity index (χ0) is 15.1. The van der Waals surface area contributed by atoms with Crippen LogP contribution in [0.3, 0.4) is 0 Å². The fourth-order valence-corrected chi connectivity index (χ4v) is 2.70. The molecule has 1 aromatic carbocycles. The summed E-state index contributed by atoms with van der Waals surface area (Å²) in [6, 6.07) is 6.01. The van der Waals surface area contributed by atoms with Crippen LogP contribution in [0.2, 0.25) is 0 Å². The number of primary sulfonamides is 1. The third-order valence-electron chi connectivity index (χ3n) is 3.25. The highest BCUT2D eigenvalue weighted by atomic mass is 32.2. The topological polar surface area (TPSA) is 86.5 Å². The van der Waals surface area contributed by atoms with Gasteiger partial charge in [0.15, 0.2) is 5.60 Å². The number of hydrogen-bond donors (Lipinski definition) is 1. The highest BCUT2D eigenvalue weighted by Crippen LogP contribution is 2.37. The Balaban J connectivity index is 2.47. The second kappa shape index (κ2) is 4.71. The maximum atomic E-state index is 12.2. The molecule has 0 unspecified atom stereocenters. The van der Waals surface area contributed by atoms with E-state index in [-0.39, 0.29) is 10.7 Å². The Bertz CT molecular complexity index is 684. The quantitative estimate of drug-likeness (QED) is 0.921. The summed E-state index contributed by atoms with van der Waals surface area (Å²) in [6.07, 6.45) is 0.564. The van der Waals surface area contributed by atoms with Crippen LogP contribution in [-0.4, -0.2) is 19.8 Å². The Labute approximate surface area is 118 Å². The van der Waals surface area contributed by atoms with Gasteiger partial charge in [0.2, 0.25) is 15.8 Å². The van der Waals surface area contributed by atoms with Gasteiger partial charge < -0.3 is 4.74 Å². The number of rotatable bonds is 3. The third kappa shape index (κ3) is 2.48. The molecule has 1 aliphatic heterocycles. The molecule has 0 saturated carbocycles. The first-order valence-corrected chi connectivity index (χ1v) is 7.81. The Morgan fingerprint density at radius 3 is 2.20 bits per heavy atom. The lowest BCUT2D eigenvalue weighted by molar-refractivity contribution is -0.126. The van der Waals surface area contributed by atoms with Crippen molar-refractivity contribution < 1.29 is 17.9 Å². The number of carbonyl (C=O) groups excluding carboxylic acids is 1. The van der Waals surface area contributed by atoms with Crippen LogP contribution in [-0.2, 0) is 19.6 Å². The highest BCUT2D eigenvalue weighted by Gasteiger charge is 2.41. The summed E-state index contributed by atoms with van der Waals surface area (Å²) in [4.78, 5) is 12.2. The number of ether oxygens (including phenoxy) is 1. The van der Waals surface area contributed by atoms with Crippen LogP contribution in [0.15, 0.2) is 34.7 Å². The van der Waals surface area contributed by atoms with Crippen LogP contribution in [0.25, 0.3) is 5.76 Å². The third-order valence-corrected chi connectivity index (χ3v) is 4.18. The first kappa shape index (κ1) is 14.7. The van der Waals surface area contributed by atoms with Crippen LogP contribution in [0.5, 0.6) is 0 Å². The Morgan fingerprint density at radius 1 is 1.20 bits per heavy atom. The van der Waals surface area contributed by atoms with E-state index in [1.54, 1.807) is 26.0 Å². The normalized spacial score (nSPS) is 18.3. The lowest BCUT2D eigenvalue weighted by atomic mass is 9.96. The van der Waals surface area contributed by atoms with Gasteiger partial charge in [-0.25, -0.2) is 13.6 Å². The van der Waals surface area contributed by atoms with Crippen molar-refractivity contribution in [3.05, 3.63) is 35.4 Å². The Morgan fingerprint density at radius 2 is 1.75 bits per heavy atom. The first-order valence-electron chi connectivity index (χ1n) is 6.27. The first-order chi connectivity index (χ1) is 9.16. The number of carbonyl (C=O) groups is 1. The van der Waals surface area contributed by atoms with Gasteiger partial charge in [0.25, 0.3) is 0 Å². The number of sulfonamides is 1. The molecule has 0 amide bonds. The van der Waals surface area contributed by atoms with Gasteiger partial charge in [-0.15, -0.1) is 0 Å². The van der Waals surface area contributed by atoms with E-state index in [2.05, 4.69) is 0 Å². The average molecular weight is 295 g/mol. The van der Waals surface area contributed by atoms with Crippen LogP contribution >= 0.6 is 0 Å². The second-order valence-corrected chi connectivity index (χ2v) is 6.73. The number of benzene rings is 1. The molecule has 0 spiro atoms. The van der Waals surface area contributed by atoms with Gasteiger partial charge in [0, 0.05) is 11.1 Å². The van der Waals surface area contributed by atoms with Gasteiger partial charge >= 0.3 is 0 Å². The van der Waals surface area contributed by atoms with Crippen molar-refractivity contribution in [2.75, 3.05) is 0 Å². The smallest absolute Gasteiger partial charge is 0.238 e. The summed E-state index contributed by atoms with van der Waals surface area (Å²) < 4.78 is 28.2. The van der Waals surface area contributed by atoms with E-state index in [0.717, 1.165) is 0 Å². The molecule has 6 heteroatoms. The number of hydrogen-bond acceptors (Lipinski definition) is 4. The van der Waals surface area contributed by atoms with Gasteiger partial charge in [-0.1, -0.05) is 6.92 Å². The zero-order valence-corrected chi connectivity index (χ0v) is 12.5. The molecule has 108 valence electrons. The van der Waals surface area contributed by atoms with Crippen LogP contribution in [0.4, 0.5) is 0 Å². The second-order valence-electron chi connectivity index (χ2n) is 5.17. The van der Waals surface area contributed by atoms with Gasteiger partial charge in [0.05, 0.1) is 4.90 Å². The molecule has 1 aromatic rings. The molecule has 0 radical (unpaired) electrons. The van der Waals surface area contributed by atoms with Crippen molar-refractivity contribution >= 4 is 21.6 Å². The summed E-state index contributed by atoms with van der Waals surface area (Å²) in [5.74, 6) is 0.481. The van der Waals surface area contributed by atoms with Crippen LogP contribution in [0, 0.1) is 0 Å². The molecule has 0 atom stereocenters.